The second kappa shape index (κ2) is 7.06. The van der Waals surface area contributed by atoms with E-state index in [1.54, 1.807) is 4.90 Å². The van der Waals surface area contributed by atoms with Crippen LogP contribution in [0.15, 0.2) is 0 Å². The molecular weight excluding hydrogens is 297 g/mol. The van der Waals surface area contributed by atoms with Crippen molar-refractivity contribution in [2.75, 3.05) is 32.7 Å². The van der Waals surface area contributed by atoms with Crippen LogP contribution >= 0.6 is 0 Å². The van der Waals surface area contributed by atoms with Crippen molar-refractivity contribution in [1.29, 1.82) is 0 Å². The van der Waals surface area contributed by atoms with Gasteiger partial charge in [0.25, 0.3) is 0 Å². The molecule has 3 aliphatic rings. The van der Waals surface area contributed by atoms with E-state index in [0.29, 0.717) is 5.41 Å². The first-order chi connectivity index (χ1) is 10.3. The number of likely N-dealkylation sites (tertiary alicyclic amines) is 2. The van der Waals surface area contributed by atoms with Gasteiger partial charge in [0.1, 0.15) is 0 Å². The molecule has 3 rings (SSSR count). The van der Waals surface area contributed by atoms with Gasteiger partial charge in [0, 0.05) is 19.6 Å². The quantitative estimate of drug-likeness (QED) is 0.845. The van der Waals surface area contributed by atoms with Crippen LogP contribution in [0.2, 0.25) is 0 Å². The molecule has 1 N–H and O–H groups in total. The summed E-state index contributed by atoms with van der Waals surface area (Å²) in [5.74, 6) is 0. The molecule has 7 heteroatoms. The highest BCUT2D eigenvalue weighted by atomic mass is 19.4. The molecule has 1 saturated carbocycles. The molecule has 2 saturated heterocycles. The zero-order valence-electron chi connectivity index (χ0n) is 12.9. The van der Waals surface area contributed by atoms with Crippen molar-refractivity contribution in [2.45, 2.75) is 51.1 Å². The number of carboxylic acid groups (broad SMARTS) is 1. The van der Waals surface area contributed by atoms with Crippen LogP contribution in [0.3, 0.4) is 0 Å². The van der Waals surface area contributed by atoms with Crippen LogP contribution < -0.4 is 0 Å². The van der Waals surface area contributed by atoms with Crippen LogP contribution in [0, 0.1) is 5.41 Å². The minimum Gasteiger partial charge on any atom is -0.465 e. The molecular formula is C15H25F3N2O2. The predicted octanol–water partition coefficient (Wildman–Crippen LogP) is 3.58. The van der Waals surface area contributed by atoms with Crippen molar-refractivity contribution in [3.63, 3.8) is 0 Å². The Morgan fingerprint density at radius 1 is 1.05 bits per heavy atom. The average molecular weight is 322 g/mol. The van der Waals surface area contributed by atoms with Gasteiger partial charge in [0.15, 0.2) is 0 Å². The van der Waals surface area contributed by atoms with Crippen molar-refractivity contribution in [3.8, 4) is 0 Å². The number of rotatable bonds is 2. The average Bonchev–Trinajstić information content (AvgIpc) is 3.05. The van der Waals surface area contributed by atoms with E-state index in [0.717, 1.165) is 45.4 Å². The third-order valence-corrected chi connectivity index (χ3v) is 5.03. The maximum absolute atomic E-state index is 11.7. The van der Waals surface area contributed by atoms with E-state index in [9.17, 15) is 18.0 Å². The van der Waals surface area contributed by atoms with Crippen LogP contribution in [0.1, 0.15) is 44.9 Å². The number of hydrogen-bond acceptors (Lipinski definition) is 2. The topological polar surface area (TPSA) is 43.8 Å². The third kappa shape index (κ3) is 5.04. The summed E-state index contributed by atoms with van der Waals surface area (Å²) in [5.41, 5.74) is 0.415. The molecule has 0 aromatic carbocycles. The second-order valence-corrected chi connectivity index (χ2v) is 6.72. The first-order valence-corrected chi connectivity index (χ1v) is 8.07. The van der Waals surface area contributed by atoms with E-state index in [2.05, 4.69) is 0 Å². The lowest BCUT2D eigenvalue weighted by Crippen LogP contribution is -2.35. The minimum absolute atomic E-state index is 0.184. The van der Waals surface area contributed by atoms with Crippen LogP contribution in [0.25, 0.3) is 0 Å². The van der Waals surface area contributed by atoms with Crippen molar-refractivity contribution < 1.29 is 23.1 Å². The molecule has 0 atom stereocenters. The highest BCUT2D eigenvalue weighted by molar-refractivity contribution is 5.65. The van der Waals surface area contributed by atoms with Crippen molar-refractivity contribution in [1.82, 2.24) is 9.80 Å². The zero-order chi connectivity index (χ0) is 16.2. The standard InChI is InChI=1S/C8H13NO2.C7H12F3N/c10-7(11)9-5-4-8(6-9)2-1-3-8;8-7(9,10)3-6-11-4-1-2-5-11/h1-6H2,(H,10,11);1-6H2. The number of halogens is 3. The van der Waals surface area contributed by atoms with Gasteiger partial charge in [-0.2, -0.15) is 13.2 Å². The molecule has 0 unspecified atom stereocenters. The molecule has 4 nitrogen and oxygen atoms in total. The number of carbonyl (C=O) groups is 1. The Morgan fingerprint density at radius 2 is 1.68 bits per heavy atom. The normalized spacial score (nSPS) is 24.0. The van der Waals surface area contributed by atoms with Gasteiger partial charge in [0.2, 0.25) is 0 Å². The van der Waals surface area contributed by atoms with Gasteiger partial charge in [-0.1, -0.05) is 6.42 Å². The molecule has 1 amide bonds. The van der Waals surface area contributed by atoms with Gasteiger partial charge in [-0.3, -0.25) is 0 Å². The summed E-state index contributed by atoms with van der Waals surface area (Å²) in [6.45, 7) is 3.42. The monoisotopic (exact) mass is 322 g/mol. The van der Waals surface area contributed by atoms with Gasteiger partial charge in [-0.25, -0.2) is 4.79 Å². The number of amides is 1. The molecule has 22 heavy (non-hydrogen) atoms. The Bertz CT molecular complexity index is 377. The van der Waals surface area contributed by atoms with E-state index in [4.69, 9.17) is 5.11 Å². The van der Waals surface area contributed by atoms with Gasteiger partial charge < -0.3 is 14.9 Å². The van der Waals surface area contributed by atoms with Gasteiger partial charge in [-0.15, -0.1) is 0 Å². The number of nitrogens with zero attached hydrogens (tertiary/aromatic N) is 2. The first kappa shape index (κ1) is 17.4. The van der Waals surface area contributed by atoms with Crippen molar-refractivity contribution in [2.24, 2.45) is 5.41 Å². The van der Waals surface area contributed by atoms with E-state index in [1.807, 2.05) is 4.90 Å². The van der Waals surface area contributed by atoms with Crippen LogP contribution in [-0.2, 0) is 0 Å². The van der Waals surface area contributed by atoms with E-state index in [-0.39, 0.29) is 6.54 Å². The van der Waals surface area contributed by atoms with Gasteiger partial charge >= 0.3 is 12.3 Å². The zero-order valence-corrected chi connectivity index (χ0v) is 12.9. The molecule has 3 fully saturated rings. The van der Waals surface area contributed by atoms with Gasteiger partial charge in [-0.05, 0) is 50.6 Å². The lowest BCUT2D eigenvalue weighted by atomic mass is 9.68. The van der Waals surface area contributed by atoms with Crippen molar-refractivity contribution >= 4 is 6.09 Å². The second-order valence-electron chi connectivity index (χ2n) is 6.72. The summed E-state index contributed by atoms with van der Waals surface area (Å²) in [6.07, 6.45) is 1.61. The molecule has 0 aromatic rings. The Morgan fingerprint density at radius 3 is 2.05 bits per heavy atom. The Kier molecular flexibility index (Phi) is 5.58. The maximum Gasteiger partial charge on any atom is 0.407 e. The highest BCUT2D eigenvalue weighted by Crippen LogP contribution is 2.47. The van der Waals surface area contributed by atoms with Crippen LogP contribution in [-0.4, -0.2) is 59.9 Å². The SMILES string of the molecule is FC(F)(F)CCN1CCCC1.O=C(O)N1CCC2(CCC2)C1. The fraction of sp³-hybridized carbons (Fsp3) is 0.933. The number of hydrogen-bond donors (Lipinski definition) is 1. The van der Waals surface area contributed by atoms with Crippen LogP contribution in [0.5, 0.6) is 0 Å². The molecule has 0 radical (unpaired) electrons. The fourth-order valence-electron chi connectivity index (χ4n) is 3.47. The molecule has 0 aromatic heterocycles. The van der Waals surface area contributed by atoms with Gasteiger partial charge in [0.05, 0.1) is 6.42 Å². The Labute approximate surface area is 129 Å². The lowest BCUT2D eigenvalue weighted by Gasteiger charge is -2.37. The summed E-state index contributed by atoms with van der Waals surface area (Å²) < 4.78 is 35.0. The largest absolute Gasteiger partial charge is 0.465 e. The summed E-state index contributed by atoms with van der Waals surface area (Å²) in [7, 11) is 0. The summed E-state index contributed by atoms with van der Waals surface area (Å²) in [4.78, 5) is 14.0. The van der Waals surface area contributed by atoms with Crippen LogP contribution in [0.4, 0.5) is 18.0 Å². The highest BCUT2D eigenvalue weighted by Gasteiger charge is 2.44. The summed E-state index contributed by atoms with van der Waals surface area (Å²) >= 11 is 0. The molecule has 1 aliphatic carbocycles. The molecule has 2 aliphatic heterocycles. The third-order valence-electron chi connectivity index (χ3n) is 5.03. The lowest BCUT2D eigenvalue weighted by molar-refractivity contribution is -0.137. The Balaban J connectivity index is 0.000000160. The van der Waals surface area contributed by atoms with E-state index in [1.165, 1.54) is 19.3 Å². The minimum atomic E-state index is -3.98. The summed E-state index contributed by atoms with van der Waals surface area (Å²) in [6, 6.07) is 0. The molecule has 128 valence electrons. The van der Waals surface area contributed by atoms with E-state index < -0.39 is 18.7 Å². The molecule has 2 heterocycles. The smallest absolute Gasteiger partial charge is 0.407 e. The maximum atomic E-state index is 11.7. The van der Waals surface area contributed by atoms with E-state index >= 15 is 0 Å². The predicted molar refractivity (Wildman–Crippen MR) is 76.8 cm³/mol. The van der Waals surface area contributed by atoms with Crippen molar-refractivity contribution in [3.05, 3.63) is 0 Å². The first-order valence-electron chi connectivity index (χ1n) is 8.07. The number of alkyl halides is 3. The summed E-state index contributed by atoms with van der Waals surface area (Å²) in [5, 5.41) is 8.69. The molecule has 0 bridgehead atoms. The fourth-order valence-corrected chi connectivity index (χ4v) is 3.47. The molecule has 1 spiro atoms. The Hall–Kier alpha value is -0.980.